The third kappa shape index (κ3) is 4.45. The molecule has 0 aromatic heterocycles. The van der Waals surface area contributed by atoms with Gasteiger partial charge in [-0.3, -0.25) is 0 Å². The summed E-state index contributed by atoms with van der Waals surface area (Å²) in [5.74, 6) is 0. The van der Waals surface area contributed by atoms with Gasteiger partial charge in [0, 0.05) is 0 Å². The van der Waals surface area contributed by atoms with Crippen LogP contribution in [0.3, 0.4) is 0 Å². The summed E-state index contributed by atoms with van der Waals surface area (Å²) in [6.45, 7) is 2.68. The monoisotopic (exact) mass is 265 g/mol. The standard InChI is InChI=1S/C14H26F3N/c1-2-3-4-5-6-7-8-10-13(14(15,16)17)11-9-12-18-13/h18H,2-12H2,1H3. The zero-order chi connectivity index (χ0) is 13.5. The lowest BCUT2D eigenvalue weighted by Gasteiger charge is -2.32. The van der Waals surface area contributed by atoms with E-state index in [1.807, 2.05) is 0 Å². The number of alkyl halides is 3. The predicted octanol–water partition coefficient (Wildman–Crippen LogP) is 4.81. The highest BCUT2D eigenvalue weighted by Gasteiger charge is 2.55. The van der Waals surface area contributed by atoms with Crippen LogP contribution >= 0.6 is 0 Å². The van der Waals surface area contributed by atoms with Crippen LogP contribution in [0, 0.1) is 0 Å². The molecule has 1 saturated heterocycles. The first-order valence-corrected chi connectivity index (χ1v) is 7.33. The van der Waals surface area contributed by atoms with Gasteiger partial charge in [0.2, 0.25) is 0 Å². The van der Waals surface area contributed by atoms with E-state index in [4.69, 9.17) is 0 Å². The van der Waals surface area contributed by atoms with Gasteiger partial charge in [-0.25, -0.2) is 0 Å². The van der Waals surface area contributed by atoms with E-state index in [0.717, 1.165) is 12.8 Å². The molecule has 1 aliphatic rings. The Balaban J connectivity index is 2.19. The first kappa shape index (κ1) is 15.8. The van der Waals surface area contributed by atoms with Crippen molar-refractivity contribution in [2.75, 3.05) is 6.54 Å². The summed E-state index contributed by atoms with van der Waals surface area (Å²) in [7, 11) is 0. The van der Waals surface area contributed by atoms with Crippen LogP contribution in [0.4, 0.5) is 13.2 Å². The van der Waals surface area contributed by atoms with Gasteiger partial charge < -0.3 is 5.32 Å². The molecule has 1 heterocycles. The Morgan fingerprint density at radius 1 is 1.00 bits per heavy atom. The largest absolute Gasteiger partial charge is 0.406 e. The Kier molecular flexibility index (Phi) is 6.47. The molecule has 1 aliphatic heterocycles. The highest BCUT2D eigenvalue weighted by Crippen LogP contribution is 2.40. The number of unbranched alkanes of at least 4 members (excludes halogenated alkanes) is 6. The summed E-state index contributed by atoms with van der Waals surface area (Å²) in [5.41, 5.74) is -1.57. The molecule has 0 amide bonds. The molecule has 0 saturated carbocycles. The smallest absolute Gasteiger partial charge is 0.304 e. The van der Waals surface area contributed by atoms with Gasteiger partial charge in [-0.2, -0.15) is 13.2 Å². The third-order valence-corrected chi connectivity index (χ3v) is 3.99. The molecule has 1 unspecified atom stereocenters. The minimum atomic E-state index is -4.09. The fraction of sp³-hybridized carbons (Fsp3) is 1.00. The van der Waals surface area contributed by atoms with Gasteiger partial charge in [-0.05, 0) is 25.8 Å². The molecule has 0 spiro atoms. The Hall–Kier alpha value is -0.250. The van der Waals surface area contributed by atoms with Crippen LogP contribution in [0.1, 0.15) is 71.1 Å². The maximum atomic E-state index is 13.0. The van der Waals surface area contributed by atoms with E-state index in [0.29, 0.717) is 19.4 Å². The zero-order valence-corrected chi connectivity index (χ0v) is 11.4. The second-order valence-corrected chi connectivity index (χ2v) is 5.48. The van der Waals surface area contributed by atoms with Gasteiger partial charge in [-0.15, -0.1) is 0 Å². The van der Waals surface area contributed by atoms with E-state index in [1.165, 1.54) is 25.7 Å². The highest BCUT2D eigenvalue weighted by molar-refractivity contribution is 4.98. The Bertz CT molecular complexity index is 220. The molecule has 1 atom stereocenters. The Labute approximate surface area is 109 Å². The fourth-order valence-electron chi connectivity index (χ4n) is 2.79. The maximum Gasteiger partial charge on any atom is 0.406 e. The average molecular weight is 265 g/mol. The number of nitrogens with one attached hydrogen (secondary N) is 1. The predicted molar refractivity (Wildman–Crippen MR) is 68.6 cm³/mol. The van der Waals surface area contributed by atoms with Crippen molar-refractivity contribution < 1.29 is 13.2 Å². The zero-order valence-electron chi connectivity index (χ0n) is 11.4. The van der Waals surface area contributed by atoms with Crippen LogP contribution in [0.5, 0.6) is 0 Å². The topological polar surface area (TPSA) is 12.0 Å². The summed E-state index contributed by atoms with van der Waals surface area (Å²) in [5, 5.41) is 2.70. The van der Waals surface area contributed by atoms with E-state index < -0.39 is 11.7 Å². The van der Waals surface area contributed by atoms with Crippen LogP contribution in [0.15, 0.2) is 0 Å². The average Bonchev–Trinajstić information content (AvgIpc) is 2.77. The lowest BCUT2D eigenvalue weighted by Crippen LogP contribution is -2.52. The summed E-state index contributed by atoms with van der Waals surface area (Å²) in [4.78, 5) is 0. The van der Waals surface area contributed by atoms with Crippen molar-refractivity contribution in [3.8, 4) is 0 Å². The van der Waals surface area contributed by atoms with E-state index in [2.05, 4.69) is 12.2 Å². The molecule has 0 bridgehead atoms. The van der Waals surface area contributed by atoms with Crippen LogP contribution in [-0.2, 0) is 0 Å². The fourth-order valence-corrected chi connectivity index (χ4v) is 2.79. The lowest BCUT2D eigenvalue weighted by molar-refractivity contribution is -0.194. The van der Waals surface area contributed by atoms with Gasteiger partial charge in [-0.1, -0.05) is 51.9 Å². The van der Waals surface area contributed by atoms with Crippen LogP contribution in [-0.4, -0.2) is 18.3 Å². The second kappa shape index (κ2) is 7.37. The summed E-state index contributed by atoms with van der Waals surface area (Å²) >= 11 is 0. The van der Waals surface area contributed by atoms with Crippen molar-refractivity contribution in [1.82, 2.24) is 5.32 Å². The van der Waals surface area contributed by atoms with Crippen LogP contribution in [0.2, 0.25) is 0 Å². The first-order chi connectivity index (χ1) is 8.52. The van der Waals surface area contributed by atoms with Gasteiger partial charge in [0.15, 0.2) is 0 Å². The molecule has 1 N–H and O–H groups in total. The van der Waals surface area contributed by atoms with Crippen LogP contribution < -0.4 is 5.32 Å². The van der Waals surface area contributed by atoms with Gasteiger partial charge in [0.05, 0.1) is 0 Å². The van der Waals surface area contributed by atoms with Crippen molar-refractivity contribution in [3.05, 3.63) is 0 Å². The normalized spacial score (nSPS) is 24.7. The molecule has 1 nitrogen and oxygen atoms in total. The molecule has 4 heteroatoms. The highest BCUT2D eigenvalue weighted by atomic mass is 19.4. The minimum Gasteiger partial charge on any atom is -0.304 e. The van der Waals surface area contributed by atoms with E-state index in [9.17, 15) is 13.2 Å². The number of rotatable bonds is 8. The first-order valence-electron chi connectivity index (χ1n) is 7.33. The Morgan fingerprint density at radius 2 is 1.61 bits per heavy atom. The summed E-state index contributed by atoms with van der Waals surface area (Å²) in [6.07, 6.45) is 4.61. The maximum absolute atomic E-state index is 13.0. The minimum absolute atomic E-state index is 0.254. The number of hydrogen-bond donors (Lipinski definition) is 1. The molecule has 0 aliphatic carbocycles. The van der Waals surface area contributed by atoms with Crippen molar-refractivity contribution >= 4 is 0 Å². The van der Waals surface area contributed by atoms with Crippen molar-refractivity contribution in [1.29, 1.82) is 0 Å². The number of hydrogen-bond acceptors (Lipinski definition) is 1. The van der Waals surface area contributed by atoms with Gasteiger partial charge >= 0.3 is 6.18 Å². The van der Waals surface area contributed by atoms with E-state index in [-0.39, 0.29) is 12.8 Å². The van der Waals surface area contributed by atoms with E-state index in [1.54, 1.807) is 0 Å². The van der Waals surface area contributed by atoms with Gasteiger partial charge in [0.1, 0.15) is 5.54 Å². The van der Waals surface area contributed by atoms with Crippen LogP contribution in [0.25, 0.3) is 0 Å². The molecule has 108 valence electrons. The molecule has 18 heavy (non-hydrogen) atoms. The van der Waals surface area contributed by atoms with Crippen molar-refractivity contribution in [2.45, 2.75) is 82.8 Å². The quantitative estimate of drug-likeness (QED) is 0.621. The van der Waals surface area contributed by atoms with Gasteiger partial charge in [0.25, 0.3) is 0 Å². The van der Waals surface area contributed by atoms with E-state index >= 15 is 0 Å². The molecule has 1 fully saturated rings. The molecular weight excluding hydrogens is 239 g/mol. The van der Waals surface area contributed by atoms with Crippen molar-refractivity contribution in [2.24, 2.45) is 0 Å². The Morgan fingerprint density at radius 3 is 2.11 bits per heavy atom. The summed E-state index contributed by atoms with van der Waals surface area (Å²) in [6, 6.07) is 0. The molecule has 1 rings (SSSR count). The van der Waals surface area contributed by atoms with Crippen molar-refractivity contribution in [3.63, 3.8) is 0 Å². The lowest BCUT2D eigenvalue weighted by atomic mass is 9.89. The molecule has 0 aromatic rings. The molecule has 0 radical (unpaired) electrons. The second-order valence-electron chi connectivity index (χ2n) is 5.48. The summed E-state index contributed by atoms with van der Waals surface area (Å²) < 4.78 is 39.1. The molecular formula is C14H26F3N. The third-order valence-electron chi connectivity index (χ3n) is 3.99. The number of halogens is 3. The molecule has 0 aromatic carbocycles. The SMILES string of the molecule is CCCCCCCCCC1(C(F)(F)F)CCCN1.